The smallest absolute Gasteiger partial charge is 0.257 e. The molecule has 0 bridgehead atoms. The number of rotatable bonds is 6. The third kappa shape index (κ3) is 5.33. The summed E-state index contributed by atoms with van der Waals surface area (Å²) in [6.07, 6.45) is 3.92. The number of hydrogen-bond donors (Lipinski definition) is 3. The molecule has 0 fully saturated rings. The Balaban J connectivity index is 1.64. The fraction of sp³-hybridized carbons (Fsp3) is 0.381. The van der Waals surface area contributed by atoms with E-state index >= 15 is 0 Å². The molecule has 154 valence electrons. The van der Waals surface area contributed by atoms with Crippen molar-refractivity contribution in [2.75, 3.05) is 11.9 Å². The van der Waals surface area contributed by atoms with Crippen molar-refractivity contribution < 1.29 is 14.3 Å². The Morgan fingerprint density at radius 3 is 2.55 bits per heavy atom. The third-order valence-corrected chi connectivity index (χ3v) is 5.98. The predicted octanol–water partition coefficient (Wildman–Crippen LogP) is 3.89. The third-order valence-electron chi connectivity index (χ3n) is 4.57. The van der Waals surface area contributed by atoms with E-state index < -0.39 is 5.91 Å². The first kappa shape index (κ1) is 21.3. The average Bonchev–Trinajstić information content (AvgIpc) is 3.04. The first-order chi connectivity index (χ1) is 13.8. The van der Waals surface area contributed by atoms with Crippen LogP contribution in [0.2, 0.25) is 0 Å². The number of amides is 2. The zero-order valence-electron chi connectivity index (χ0n) is 16.5. The molecule has 29 heavy (non-hydrogen) atoms. The van der Waals surface area contributed by atoms with Gasteiger partial charge >= 0.3 is 0 Å². The van der Waals surface area contributed by atoms with E-state index in [-0.39, 0.29) is 11.0 Å². The molecule has 0 saturated heterocycles. The Labute approximate surface area is 179 Å². The molecule has 0 spiro atoms. The van der Waals surface area contributed by atoms with E-state index in [0.717, 1.165) is 31.2 Å². The van der Waals surface area contributed by atoms with Crippen LogP contribution in [0.25, 0.3) is 0 Å². The van der Waals surface area contributed by atoms with Crippen LogP contribution in [0, 0.1) is 5.92 Å². The van der Waals surface area contributed by atoms with Gasteiger partial charge in [0.05, 0.1) is 12.2 Å². The number of aryl methyl sites for hydroxylation is 1. The maximum atomic E-state index is 12.5. The molecule has 2 amide bonds. The van der Waals surface area contributed by atoms with Gasteiger partial charge < -0.3 is 15.8 Å². The number of carbonyl (C=O) groups is 2. The second-order valence-electron chi connectivity index (χ2n) is 7.42. The van der Waals surface area contributed by atoms with Crippen molar-refractivity contribution in [2.45, 2.75) is 39.5 Å². The Kier molecular flexibility index (Phi) is 6.87. The standard InChI is InChI=1S/C21H25N3O3S2/c1-12(2)11-27-14-9-7-13(8-10-14)19(26)23-21(28)24-20-17(18(22)25)15-5-3-4-6-16(15)29-20/h7-10,12H,3-6,11H2,1-2H3,(H2,22,25)(H2,23,24,26,28). The van der Waals surface area contributed by atoms with Gasteiger partial charge in [-0.25, -0.2) is 0 Å². The van der Waals surface area contributed by atoms with Gasteiger partial charge in [0, 0.05) is 10.4 Å². The highest BCUT2D eigenvalue weighted by atomic mass is 32.1. The van der Waals surface area contributed by atoms with Crippen LogP contribution in [0.1, 0.15) is 57.8 Å². The molecule has 2 aromatic rings. The Morgan fingerprint density at radius 2 is 1.90 bits per heavy atom. The van der Waals surface area contributed by atoms with Gasteiger partial charge in [-0.15, -0.1) is 11.3 Å². The molecule has 1 aromatic carbocycles. The fourth-order valence-corrected chi connectivity index (χ4v) is 4.75. The maximum Gasteiger partial charge on any atom is 0.257 e. The van der Waals surface area contributed by atoms with Crippen LogP contribution in [-0.2, 0) is 12.8 Å². The second kappa shape index (κ2) is 9.37. The number of primary amides is 1. The molecule has 1 aliphatic rings. The highest BCUT2D eigenvalue weighted by Crippen LogP contribution is 2.37. The Bertz CT molecular complexity index is 920. The number of ether oxygens (including phenoxy) is 1. The summed E-state index contributed by atoms with van der Waals surface area (Å²) in [5.74, 6) is 0.332. The number of fused-ring (bicyclic) bond motifs is 1. The fourth-order valence-electron chi connectivity index (χ4n) is 3.19. The van der Waals surface area contributed by atoms with E-state index in [2.05, 4.69) is 24.5 Å². The summed E-state index contributed by atoms with van der Waals surface area (Å²) in [4.78, 5) is 25.6. The summed E-state index contributed by atoms with van der Waals surface area (Å²) in [7, 11) is 0. The number of carbonyl (C=O) groups excluding carboxylic acids is 2. The van der Waals surface area contributed by atoms with Crippen molar-refractivity contribution >= 4 is 45.5 Å². The van der Waals surface area contributed by atoms with Crippen LogP contribution in [0.5, 0.6) is 5.75 Å². The first-order valence-corrected chi connectivity index (χ1v) is 10.9. The summed E-state index contributed by atoms with van der Waals surface area (Å²) < 4.78 is 5.63. The molecule has 1 aliphatic carbocycles. The molecule has 1 aromatic heterocycles. The van der Waals surface area contributed by atoms with Gasteiger partial charge in [0.25, 0.3) is 11.8 Å². The van der Waals surface area contributed by atoms with Gasteiger partial charge in [-0.2, -0.15) is 0 Å². The zero-order valence-corrected chi connectivity index (χ0v) is 18.2. The molecule has 1 heterocycles. The normalized spacial score (nSPS) is 12.9. The molecule has 8 heteroatoms. The summed E-state index contributed by atoms with van der Waals surface area (Å²) in [5.41, 5.74) is 7.57. The number of thiophene rings is 1. The van der Waals surface area contributed by atoms with Crippen LogP contribution in [0.4, 0.5) is 5.00 Å². The lowest BCUT2D eigenvalue weighted by atomic mass is 9.95. The SMILES string of the molecule is CC(C)COc1ccc(C(=O)NC(=S)Nc2sc3c(c2C(N)=O)CCCC3)cc1. The second-order valence-corrected chi connectivity index (χ2v) is 8.93. The summed E-state index contributed by atoms with van der Waals surface area (Å²) in [6.45, 7) is 4.76. The van der Waals surface area contributed by atoms with Crippen molar-refractivity contribution in [3.8, 4) is 5.75 Å². The van der Waals surface area contributed by atoms with Crippen molar-refractivity contribution in [3.63, 3.8) is 0 Å². The van der Waals surface area contributed by atoms with Crippen LogP contribution >= 0.6 is 23.6 Å². The lowest BCUT2D eigenvalue weighted by Crippen LogP contribution is -2.34. The van der Waals surface area contributed by atoms with Gasteiger partial charge in [-0.3, -0.25) is 14.9 Å². The predicted molar refractivity (Wildman–Crippen MR) is 120 cm³/mol. The van der Waals surface area contributed by atoms with Crippen molar-refractivity contribution in [3.05, 3.63) is 45.8 Å². The number of hydrogen-bond acceptors (Lipinski definition) is 5. The number of nitrogens with one attached hydrogen (secondary N) is 2. The average molecular weight is 432 g/mol. The number of thiocarbonyl (C=S) groups is 1. The quantitative estimate of drug-likeness (QED) is 0.604. The summed E-state index contributed by atoms with van der Waals surface area (Å²) >= 11 is 6.77. The summed E-state index contributed by atoms with van der Waals surface area (Å²) in [6, 6.07) is 6.89. The Morgan fingerprint density at radius 1 is 1.21 bits per heavy atom. The minimum absolute atomic E-state index is 0.135. The number of benzene rings is 1. The molecular formula is C21H25N3O3S2. The molecule has 0 unspecified atom stereocenters. The van der Waals surface area contributed by atoms with Crippen molar-refractivity contribution in [1.82, 2.24) is 5.32 Å². The van der Waals surface area contributed by atoms with Crippen LogP contribution in [-0.4, -0.2) is 23.5 Å². The minimum Gasteiger partial charge on any atom is -0.493 e. The van der Waals surface area contributed by atoms with Gasteiger partial charge in [-0.05, 0) is 73.6 Å². The largest absolute Gasteiger partial charge is 0.493 e. The van der Waals surface area contributed by atoms with Gasteiger partial charge in [0.2, 0.25) is 0 Å². The van der Waals surface area contributed by atoms with Crippen LogP contribution in [0.15, 0.2) is 24.3 Å². The van der Waals surface area contributed by atoms with E-state index in [0.29, 0.717) is 34.4 Å². The molecule has 0 saturated carbocycles. The molecule has 0 aliphatic heterocycles. The highest BCUT2D eigenvalue weighted by Gasteiger charge is 2.24. The van der Waals surface area contributed by atoms with Gasteiger partial charge in [-0.1, -0.05) is 13.8 Å². The molecule has 0 radical (unpaired) electrons. The molecule has 3 rings (SSSR count). The van der Waals surface area contributed by atoms with E-state index in [4.69, 9.17) is 22.7 Å². The maximum absolute atomic E-state index is 12.5. The van der Waals surface area contributed by atoms with E-state index in [9.17, 15) is 9.59 Å². The van der Waals surface area contributed by atoms with Gasteiger partial charge in [0.15, 0.2) is 5.11 Å². The van der Waals surface area contributed by atoms with E-state index in [1.165, 1.54) is 16.2 Å². The molecule has 0 atom stereocenters. The lowest BCUT2D eigenvalue weighted by molar-refractivity contribution is 0.0975. The molecular weight excluding hydrogens is 406 g/mol. The van der Waals surface area contributed by atoms with Crippen LogP contribution in [0.3, 0.4) is 0 Å². The lowest BCUT2D eigenvalue weighted by Gasteiger charge is -2.12. The van der Waals surface area contributed by atoms with E-state index in [1.807, 2.05) is 0 Å². The monoisotopic (exact) mass is 431 g/mol. The first-order valence-electron chi connectivity index (χ1n) is 9.64. The molecule has 4 N–H and O–H groups in total. The number of anilines is 1. The van der Waals surface area contributed by atoms with E-state index in [1.54, 1.807) is 24.3 Å². The van der Waals surface area contributed by atoms with Gasteiger partial charge in [0.1, 0.15) is 10.8 Å². The molecule has 6 nitrogen and oxygen atoms in total. The zero-order chi connectivity index (χ0) is 21.0. The number of nitrogens with two attached hydrogens (primary N) is 1. The topological polar surface area (TPSA) is 93.4 Å². The Hall–Kier alpha value is -2.45. The summed E-state index contributed by atoms with van der Waals surface area (Å²) in [5, 5.41) is 6.38. The minimum atomic E-state index is -0.474. The van der Waals surface area contributed by atoms with Crippen LogP contribution < -0.4 is 21.1 Å². The highest BCUT2D eigenvalue weighted by molar-refractivity contribution is 7.80. The van der Waals surface area contributed by atoms with Crippen molar-refractivity contribution in [2.24, 2.45) is 11.7 Å². The van der Waals surface area contributed by atoms with Crippen molar-refractivity contribution in [1.29, 1.82) is 0 Å².